The Bertz CT molecular complexity index is 1340. The van der Waals surface area contributed by atoms with Gasteiger partial charge in [-0.15, -0.1) is 0 Å². The fourth-order valence-corrected chi connectivity index (χ4v) is 4.47. The van der Waals surface area contributed by atoms with Crippen molar-refractivity contribution in [3.8, 4) is 5.75 Å². The standard InChI is InChI=1S/C26H23N3O4/c1-33-18-8-6-16(7-9-18)26(32)21-14-29(22-13-27-11-10-20(21)22)15-24(31)28-25-19-5-3-2-4-17(19)12-23(25)30/h2-11,13-14,23,25,30H,12,15H2,1H3,(H,28,31)/t23-,25+/m0/s1. The molecule has 7 heteroatoms. The number of carbonyl (C=O) groups is 2. The Labute approximate surface area is 190 Å². The minimum absolute atomic E-state index is 0.00345. The van der Waals surface area contributed by atoms with Crippen molar-refractivity contribution in [2.75, 3.05) is 7.11 Å². The van der Waals surface area contributed by atoms with Crippen LogP contribution >= 0.6 is 0 Å². The highest BCUT2D eigenvalue weighted by Gasteiger charge is 2.32. The van der Waals surface area contributed by atoms with Crippen LogP contribution < -0.4 is 10.1 Å². The molecule has 4 aromatic rings. The Kier molecular flexibility index (Phi) is 5.40. The molecule has 0 radical (unpaired) electrons. The van der Waals surface area contributed by atoms with E-state index in [-0.39, 0.29) is 18.2 Å². The van der Waals surface area contributed by atoms with Crippen molar-refractivity contribution in [2.45, 2.75) is 25.1 Å². The van der Waals surface area contributed by atoms with E-state index >= 15 is 0 Å². The molecule has 0 saturated heterocycles. The predicted molar refractivity (Wildman–Crippen MR) is 123 cm³/mol. The quantitative estimate of drug-likeness (QED) is 0.449. The largest absolute Gasteiger partial charge is 0.497 e. The molecule has 2 aromatic carbocycles. The van der Waals surface area contributed by atoms with Crippen molar-refractivity contribution in [3.63, 3.8) is 0 Å². The summed E-state index contributed by atoms with van der Waals surface area (Å²) in [7, 11) is 1.58. The minimum Gasteiger partial charge on any atom is -0.497 e. The first-order valence-corrected chi connectivity index (χ1v) is 10.7. The average molecular weight is 441 g/mol. The summed E-state index contributed by atoms with van der Waals surface area (Å²) in [6, 6.07) is 16.0. The fourth-order valence-electron chi connectivity index (χ4n) is 4.47. The van der Waals surface area contributed by atoms with Gasteiger partial charge in [-0.1, -0.05) is 24.3 Å². The number of aromatic nitrogens is 2. The van der Waals surface area contributed by atoms with Gasteiger partial charge in [0.1, 0.15) is 12.3 Å². The molecule has 2 N–H and O–H groups in total. The zero-order chi connectivity index (χ0) is 22.9. The van der Waals surface area contributed by atoms with Gasteiger partial charge >= 0.3 is 0 Å². The van der Waals surface area contributed by atoms with E-state index in [2.05, 4.69) is 10.3 Å². The molecule has 0 fully saturated rings. The molecule has 0 saturated carbocycles. The SMILES string of the molecule is COc1ccc(C(=O)c2cn(CC(=O)N[C@@H]3c4ccccc4C[C@@H]3O)c3cnccc23)cc1. The minimum atomic E-state index is -0.665. The average Bonchev–Trinajstić information content (AvgIpc) is 3.36. The molecular weight excluding hydrogens is 418 g/mol. The lowest BCUT2D eigenvalue weighted by atomic mass is 10.0. The van der Waals surface area contributed by atoms with Gasteiger partial charge in [0.25, 0.3) is 0 Å². The highest BCUT2D eigenvalue weighted by molar-refractivity contribution is 6.16. The molecule has 2 atom stereocenters. The van der Waals surface area contributed by atoms with E-state index in [0.717, 1.165) is 16.5 Å². The summed E-state index contributed by atoms with van der Waals surface area (Å²) in [4.78, 5) is 30.3. The smallest absolute Gasteiger partial charge is 0.240 e. The maximum Gasteiger partial charge on any atom is 0.240 e. The third kappa shape index (κ3) is 3.87. The van der Waals surface area contributed by atoms with Gasteiger partial charge in [-0.2, -0.15) is 0 Å². The van der Waals surface area contributed by atoms with Crippen molar-refractivity contribution in [2.24, 2.45) is 0 Å². The molecule has 7 nitrogen and oxygen atoms in total. The van der Waals surface area contributed by atoms with E-state index in [0.29, 0.717) is 28.8 Å². The number of methoxy groups -OCH3 is 1. The van der Waals surface area contributed by atoms with E-state index < -0.39 is 12.1 Å². The highest BCUT2D eigenvalue weighted by atomic mass is 16.5. The van der Waals surface area contributed by atoms with Crippen LogP contribution in [0, 0.1) is 0 Å². The van der Waals surface area contributed by atoms with Crippen LogP contribution in [0.15, 0.2) is 73.2 Å². The fraction of sp³-hybridized carbons (Fsp3) is 0.192. The molecule has 1 aliphatic rings. The van der Waals surface area contributed by atoms with Crippen LogP contribution in [-0.2, 0) is 17.8 Å². The van der Waals surface area contributed by atoms with Gasteiger partial charge in [-0.3, -0.25) is 14.6 Å². The van der Waals surface area contributed by atoms with Gasteiger partial charge in [0.15, 0.2) is 5.78 Å². The number of benzene rings is 2. The lowest BCUT2D eigenvalue weighted by molar-refractivity contribution is -0.123. The lowest BCUT2D eigenvalue weighted by Gasteiger charge is -2.18. The topological polar surface area (TPSA) is 93.5 Å². The maximum atomic E-state index is 13.2. The Morgan fingerprint density at radius 2 is 1.94 bits per heavy atom. The molecule has 5 rings (SSSR count). The molecule has 2 heterocycles. The van der Waals surface area contributed by atoms with Crippen molar-refractivity contribution in [1.82, 2.24) is 14.9 Å². The molecule has 0 spiro atoms. The second-order valence-electron chi connectivity index (χ2n) is 8.14. The summed E-state index contributed by atoms with van der Waals surface area (Å²) in [5.41, 5.74) is 3.70. The van der Waals surface area contributed by atoms with Crippen LogP contribution in [0.4, 0.5) is 0 Å². The first-order valence-electron chi connectivity index (χ1n) is 10.7. The van der Waals surface area contributed by atoms with Crippen LogP contribution in [0.25, 0.3) is 10.9 Å². The van der Waals surface area contributed by atoms with E-state index in [1.165, 1.54) is 0 Å². The highest BCUT2D eigenvalue weighted by Crippen LogP contribution is 2.31. The first kappa shape index (κ1) is 20.9. The van der Waals surface area contributed by atoms with E-state index in [9.17, 15) is 14.7 Å². The molecule has 1 amide bonds. The Morgan fingerprint density at radius 1 is 1.15 bits per heavy atom. The van der Waals surface area contributed by atoms with Crippen molar-refractivity contribution in [1.29, 1.82) is 0 Å². The number of fused-ring (bicyclic) bond motifs is 2. The third-order valence-corrected chi connectivity index (χ3v) is 6.12. The number of rotatable bonds is 6. The van der Waals surface area contributed by atoms with Gasteiger partial charge in [-0.25, -0.2) is 0 Å². The van der Waals surface area contributed by atoms with Crippen molar-refractivity contribution >= 4 is 22.6 Å². The van der Waals surface area contributed by atoms with E-state index in [1.807, 2.05) is 24.3 Å². The maximum absolute atomic E-state index is 13.2. The normalized spacial score (nSPS) is 17.0. The predicted octanol–water partition coefficient (Wildman–Crippen LogP) is 3.05. The van der Waals surface area contributed by atoms with E-state index in [4.69, 9.17) is 4.74 Å². The number of carbonyl (C=O) groups excluding carboxylic acids is 2. The summed E-state index contributed by atoms with van der Waals surface area (Å²) in [6.07, 6.45) is 4.81. The monoisotopic (exact) mass is 441 g/mol. The third-order valence-electron chi connectivity index (χ3n) is 6.12. The molecule has 0 aliphatic heterocycles. The molecule has 2 aromatic heterocycles. The number of pyridine rings is 1. The molecule has 33 heavy (non-hydrogen) atoms. The Morgan fingerprint density at radius 3 is 2.73 bits per heavy atom. The molecular formula is C26H23N3O4. The molecule has 166 valence electrons. The van der Waals surface area contributed by atoms with Gasteiger partial charge < -0.3 is 19.7 Å². The lowest BCUT2D eigenvalue weighted by Crippen LogP contribution is -2.35. The summed E-state index contributed by atoms with van der Waals surface area (Å²) >= 11 is 0. The zero-order valence-corrected chi connectivity index (χ0v) is 18.1. The Balaban J connectivity index is 1.41. The van der Waals surface area contributed by atoms with Gasteiger partial charge in [0.2, 0.25) is 5.91 Å². The number of ketones is 1. The molecule has 0 unspecified atom stereocenters. The first-order chi connectivity index (χ1) is 16.0. The number of nitrogens with zero attached hydrogens (tertiary/aromatic N) is 2. The summed E-state index contributed by atoms with van der Waals surface area (Å²) in [5.74, 6) is 0.277. The van der Waals surface area contributed by atoms with Crippen molar-refractivity contribution < 1.29 is 19.4 Å². The number of hydrogen-bond acceptors (Lipinski definition) is 5. The number of aliphatic hydroxyl groups is 1. The van der Waals surface area contributed by atoms with Gasteiger partial charge in [0, 0.05) is 35.3 Å². The second kappa shape index (κ2) is 8.52. The van der Waals surface area contributed by atoms with Crippen LogP contribution in [0.2, 0.25) is 0 Å². The number of nitrogens with one attached hydrogen (secondary N) is 1. The van der Waals surface area contributed by atoms with Gasteiger partial charge in [-0.05, 0) is 41.5 Å². The second-order valence-corrected chi connectivity index (χ2v) is 8.14. The molecule has 0 bridgehead atoms. The van der Waals surface area contributed by atoms with Crippen LogP contribution in [0.3, 0.4) is 0 Å². The van der Waals surface area contributed by atoms with Gasteiger partial charge in [0.05, 0.1) is 31.0 Å². The van der Waals surface area contributed by atoms with E-state index in [1.54, 1.807) is 60.6 Å². The summed E-state index contributed by atoms with van der Waals surface area (Å²) in [5, 5.41) is 14.1. The summed E-state index contributed by atoms with van der Waals surface area (Å²) in [6.45, 7) is 0.00345. The number of ether oxygens (including phenoxy) is 1. The van der Waals surface area contributed by atoms with Crippen LogP contribution in [0.5, 0.6) is 5.75 Å². The van der Waals surface area contributed by atoms with Crippen LogP contribution in [-0.4, -0.2) is 39.6 Å². The Hall–Kier alpha value is -3.97. The summed E-state index contributed by atoms with van der Waals surface area (Å²) < 4.78 is 6.89. The number of amides is 1. The van der Waals surface area contributed by atoms with Crippen molar-refractivity contribution in [3.05, 3.63) is 95.4 Å². The number of aliphatic hydroxyl groups excluding tert-OH is 1. The van der Waals surface area contributed by atoms with Crippen LogP contribution in [0.1, 0.15) is 33.1 Å². The zero-order valence-electron chi connectivity index (χ0n) is 18.1. The number of hydrogen-bond donors (Lipinski definition) is 2. The molecule has 1 aliphatic carbocycles.